The molecule has 0 spiro atoms. The van der Waals surface area contributed by atoms with Gasteiger partial charge < -0.3 is 9.32 Å². The second kappa shape index (κ2) is 4.79. The Labute approximate surface area is 112 Å². The van der Waals surface area contributed by atoms with Crippen LogP contribution in [0.5, 0.6) is 0 Å². The largest absolute Gasteiger partial charge is 0.423 e. The summed E-state index contributed by atoms with van der Waals surface area (Å²) in [5.41, 5.74) is 0. The molecule has 0 saturated heterocycles. The van der Waals surface area contributed by atoms with E-state index in [1.807, 2.05) is 14.0 Å². The highest BCUT2D eigenvalue weighted by atomic mass is 16.4. The lowest BCUT2D eigenvalue weighted by molar-refractivity contribution is -0.135. The highest BCUT2D eigenvalue weighted by molar-refractivity contribution is 5.79. The Hall–Kier alpha value is -1.65. The molecule has 2 bridgehead atoms. The third-order valence-corrected chi connectivity index (χ3v) is 4.16. The standard InChI is InChI=1S/C14H19N3O2/c1-3-12-15-16-13(19-12)8-17(2)14(18)11-7-9-4-5-10(11)6-9/h4-5,9-11H,3,6-8H2,1-2H3. The summed E-state index contributed by atoms with van der Waals surface area (Å²) in [4.78, 5) is 14.1. The lowest BCUT2D eigenvalue weighted by atomic mass is 9.92. The van der Waals surface area contributed by atoms with Gasteiger partial charge >= 0.3 is 0 Å². The highest BCUT2D eigenvalue weighted by Crippen LogP contribution is 2.44. The van der Waals surface area contributed by atoms with Crippen molar-refractivity contribution in [3.05, 3.63) is 23.9 Å². The van der Waals surface area contributed by atoms with E-state index >= 15 is 0 Å². The van der Waals surface area contributed by atoms with E-state index in [0.717, 1.165) is 19.3 Å². The zero-order valence-corrected chi connectivity index (χ0v) is 11.4. The van der Waals surface area contributed by atoms with Crippen LogP contribution in [0.3, 0.4) is 0 Å². The average Bonchev–Trinajstić information content (AvgIpc) is 3.13. The van der Waals surface area contributed by atoms with E-state index in [2.05, 4.69) is 22.3 Å². The number of fused-ring (bicyclic) bond motifs is 2. The molecule has 0 radical (unpaired) electrons. The predicted molar refractivity (Wildman–Crippen MR) is 69.0 cm³/mol. The third kappa shape index (κ3) is 2.29. The first-order valence-corrected chi connectivity index (χ1v) is 6.92. The summed E-state index contributed by atoms with van der Waals surface area (Å²) in [5, 5.41) is 7.88. The number of rotatable bonds is 4. The summed E-state index contributed by atoms with van der Waals surface area (Å²) in [5.74, 6) is 2.54. The molecule has 2 aliphatic rings. The van der Waals surface area contributed by atoms with Gasteiger partial charge in [0.1, 0.15) is 0 Å². The van der Waals surface area contributed by atoms with Gasteiger partial charge in [0.25, 0.3) is 0 Å². The maximum absolute atomic E-state index is 12.4. The van der Waals surface area contributed by atoms with Crippen LogP contribution < -0.4 is 0 Å². The van der Waals surface area contributed by atoms with Gasteiger partial charge in [0.2, 0.25) is 17.7 Å². The van der Waals surface area contributed by atoms with Crippen molar-refractivity contribution in [1.29, 1.82) is 0 Å². The van der Waals surface area contributed by atoms with Crippen LogP contribution in [0, 0.1) is 17.8 Å². The van der Waals surface area contributed by atoms with E-state index < -0.39 is 0 Å². The van der Waals surface area contributed by atoms with Crippen LogP contribution in [-0.4, -0.2) is 28.1 Å². The Balaban J connectivity index is 1.62. The second-order valence-corrected chi connectivity index (χ2v) is 5.52. The van der Waals surface area contributed by atoms with Gasteiger partial charge in [0.05, 0.1) is 6.54 Å². The highest BCUT2D eigenvalue weighted by Gasteiger charge is 2.40. The molecule has 1 fully saturated rings. The molecule has 0 N–H and O–H groups in total. The first-order valence-electron chi connectivity index (χ1n) is 6.92. The number of aryl methyl sites for hydroxylation is 1. The van der Waals surface area contributed by atoms with Crippen molar-refractivity contribution >= 4 is 5.91 Å². The number of hydrogen-bond acceptors (Lipinski definition) is 4. The quantitative estimate of drug-likeness (QED) is 0.775. The molecule has 1 amide bonds. The van der Waals surface area contributed by atoms with Crippen LogP contribution >= 0.6 is 0 Å². The van der Waals surface area contributed by atoms with Crippen LogP contribution in [-0.2, 0) is 17.8 Å². The van der Waals surface area contributed by atoms with Crippen molar-refractivity contribution in [2.45, 2.75) is 32.7 Å². The lowest BCUT2D eigenvalue weighted by Crippen LogP contribution is -2.34. The molecule has 5 nitrogen and oxygen atoms in total. The molecular formula is C14H19N3O2. The normalized spacial score (nSPS) is 28.0. The Morgan fingerprint density at radius 1 is 1.37 bits per heavy atom. The van der Waals surface area contributed by atoms with Crippen molar-refractivity contribution in [3.8, 4) is 0 Å². The SMILES string of the molecule is CCc1nnc(CN(C)C(=O)C2CC3C=CC2C3)o1. The van der Waals surface area contributed by atoms with Gasteiger partial charge in [0, 0.05) is 19.4 Å². The first-order chi connectivity index (χ1) is 9.17. The summed E-state index contributed by atoms with van der Waals surface area (Å²) in [6.45, 7) is 2.37. The molecule has 1 aromatic heterocycles. The van der Waals surface area contributed by atoms with Gasteiger partial charge in [-0.15, -0.1) is 10.2 Å². The van der Waals surface area contributed by atoms with Crippen molar-refractivity contribution in [2.75, 3.05) is 7.05 Å². The Morgan fingerprint density at radius 3 is 2.74 bits per heavy atom. The summed E-state index contributed by atoms with van der Waals surface area (Å²) in [7, 11) is 1.81. The summed E-state index contributed by atoms with van der Waals surface area (Å²) < 4.78 is 5.45. The van der Waals surface area contributed by atoms with E-state index in [4.69, 9.17) is 4.42 Å². The van der Waals surface area contributed by atoms with Crippen LogP contribution in [0.4, 0.5) is 0 Å². The molecule has 3 rings (SSSR count). The molecule has 3 atom stereocenters. The molecule has 1 saturated carbocycles. The fraction of sp³-hybridized carbons (Fsp3) is 0.643. The number of allylic oxidation sites excluding steroid dienone is 2. The van der Waals surface area contributed by atoms with Crippen LogP contribution in [0.2, 0.25) is 0 Å². The van der Waals surface area contributed by atoms with Gasteiger partial charge in [-0.1, -0.05) is 19.1 Å². The zero-order chi connectivity index (χ0) is 13.4. The van der Waals surface area contributed by atoms with E-state index in [0.29, 0.717) is 30.2 Å². The number of carbonyl (C=O) groups is 1. The molecule has 0 aromatic carbocycles. The van der Waals surface area contributed by atoms with Gasteiger partial charge in [-0.2, -0.15) is 0 Å². The van der Waals surface area contributed by atoms with Crippen molar-refractivity contribution in [2.24, 2.45) is 17.8 Å². The van der Waals surface area contributed by atoms with Crippen LogP contribution in [0.15, 0.2) is 16.6 Å². The van der Waals surface area contributed by atoms with E-state index in [1.54, 1.807) is 4.90 Å². The van der Waals surface area contributed by atoms with Crippen molar-refractivity contribution in [1.82, 2.24) is 15.1 Å². The maximum Gasteiger partial charge on any atom is 0.235 e. The number of aromatic nitrogens is 2. The van der Waals surface area contributed by atoms with Gasteiger partial charge in [-0.25, -0.2) is 0 Å². The zero-order valence-electron chi connectivity index (χ0n) is 11.4. The van der Waals surface area contributed by atoms with Crippen LogP contribution in [0.25, 0.3) is 0 Å². The molecule has 0 aliphatic heterocycles. The fourth-order valence-corrected chi connectivity index (χ4v) is 3.12. The topological polar surface area (TPSA) is 59.2 Å². The minimum atomic E-state index is 0.147. The van der Waals surface area contributed by atoms with E-state index in [9.17, 15) is 4.79 Å². The maximum atomic E-state index is 12.4. The molecule has 102 valence electrons. The third-order valence-electron chi connectivity index (χ3n) is 4.16. The van der Waals surface area contributed by atoms with Crippen molar-refractivity contribution in [3.63, 3.8) is 0 Å². The second-order valence-electron chi connectivity index (χ2n) is 5.52. The van der Waals surface area contributed by atoms with E-state index in [1.165, 1.54) is 0 Å². The van der Waals surface area contributed by atoms with Gasteiger partial charge in [0.15, 0.2) is 0 Å². The number of hydrogen-bond donors (Lipinski definition) is 0. The van der Waals surface area contributed by atoms with Crippen LogP contribution in [0.1, 0.15) is 31.5 Å². The smallest absolute Gasteiger partial charge is 0.235 e. The summed E-state index contributed by atoms with van der Waals surface area (Å²) in [6.07, 6.45) is 7.31. The molecule has 1 heterocycles. The minimum Gasteiger partial charge on any atom is -0.423 e. The minimum absolute atomic E-state index is 0.147. The lowest BCUT2D eigenvalue weighted by Gasteiger charge is -2.23. The van der Waals surface area contributed by atoms with Crippen molar-refractivity contribution < 1.29 is 9.21 Å². The average molecular weight is 261 g/mol. The molecule has 19 heavy (non-hydrogen) atoms. The predicted octanol–water partition coefficient (Wildman–Crippen LogP) is 1.80. The number of carbonyl (C=O) groups excluding carboxylic acids is 1. The summed E-state index contributed by atoms with van der Waals surface area (Å²) in [6, 6.07) is 0. The summed E-state index contributed by atoms with van der Waals surface area (Å²) >= 11 is 0. The number of nitrogens with zero attached hydrogens (tertiary/aromatic N) is 3. The fourth-order valence-electron chi connectivity index (χ4n) is 3.12. The Morgan fingerprint density at radius 2 is 2.16 bits per heavy atom. The van der Waals surface area contributed by atoms with Gasteiger partial charge in [-0.3, -0.25) is 4.79 Å². The van der Waals surface area contributed by atoms with E-state index in [-0.39, 0.29) is 11.8 Å². The molecule has 2 aliphatic carbocycles. The monoisotopic (exact) mass is 261 g/mol. The number of amides is 1. The first kappa shape index (κ1) is 12.4. The Kier molecular flexibility index (Phi) is 3.12. The Bertz CT molecular complexity index is 509. The molecule has 1 aromatic rings. The molecule has 3 unspecified atom stereocenters. The molecule has 5 heteroatoms. The van der Waals surface area contributed by atoms with Gasteiger partial charge in [-0.05, 0) is 24.7 Å². The molecular weight excluding hydrogens is 242 g/mol.